The van der Waals surface area contributed by atoms with Crippen molar-refractivity contribution >= 4 is 0 Å². The van der Waals surface area contributed by atoms with Gasteiger partial charge in [-0.1, -0.05) is 12.8 Å². The lowest BCUT2D eigenvalue weighted by molar-refractivity contribution is -0.165. The molecule has 3 rings (SSSR count). The van der Waals surface area contributed by atoms with Crippen molar-refractivity contribution in [2.24, 2.45) is 10.8 Å². The van der Waals surface area contributed by atoms with Gasteiger partial charge in [-0.2, -0.15) is 5.26 Å². The molecule has 3 nitrogen and oxygen atoms in total. The molecule has 1 spiro atoms. The van der Waals surface area contributed by atoms with Crippen LogP contribution >= 0.6 is 0 Å². The number of hydrogen-bond donors (Lipinski definition) is 1. The van der Waals surface area contributed by atoms with Crippen molar-refractivity contribution in [2.45, 2.75) is 63.4 Å². The minimum absolute atomic E-state index is 0.0364. The largest absolute Gasteiger partial charge is 0.388 e. The van der Waals surface area contributed by atoms with Crippen LogP contribution in [0.5, 0.6) is 0 Å². The van der Waals surface area contributed by atoms with Crippen LogP contribution in [0.25, 0.3) is 0 Å². The summed E-state index contributed by atoms with van der Waals surface area (Å²) in [5.74, 6) is 0. The summed E-state index contributed by atoms with van der Waals surface area (Å²) in [6, 6.07) is 2.54. The Labute approximate surface area is 109 Å². The lowest BCUT2D eigenvalue weighted by Gasteiger charge is -2.51. The van der Waals surface area contributed by atoms with Gasteiger partial charge in [0.25, 0.3) is 0 Å². The molecule has 0 bridgehead atoms. The second-order valence-electron chi connectivity index (χ2n) is 6.51. The highest BCUT2D eigenvalue weighted by Gasteiger charge is 2.65. The third kappa shape index (κ3) is 1.42. The minimum Gasteiger partial charge on any atom is -0.388 e. The third-order valence-corrected chi connectivity index (χ3v) is 5.98. The fourth-order valence-electron chi connectivity index (χ4n) is 4.92. The van der Waals surface area contributed by atoms with E-state index >= 15 is 0 Å². The number of hydrogen-bond acceptors (Lipinski definition) is 3. The van der Waals surface area contributed by atoms with Gasteiger partial charge in [-0.15, -0.1) is 0 Å². The van der Waals surface area contributed by atoms with Crippen LogP contribution in [0.1, 0.15) is 57.8 Å². The lowest BCUT2D eigenvalue weighted by atomic mass is 9.57. The molecule has 0 radical (unpaired) electrons. The van der Waals surface area contributed by atoms with E-state index in [1.807, 2.05) is 0 Å². The quantitative estimate of drug-likeness (QED) is 0.777. The van der Waals surface area contributed by atoms with E-state index in [0.29, 0.717) is 0 Å². The normalized spacial score (nSPS) is 37.8. The molecule has 1 saturated heterocycles. The van der Waals surface area contributed by atoms with Gasteiger partial charge in [0.1, 0.15) is 0 Å². The molecule has 1 atom stereocenters. The highest BCUT2D eigenvalue weighted by molar-refractivity contribution is 5.21. The fourth-order valence-corrected chi connectivity index (χ4v) is 4.92. The summed E-state index contributed by atoms with van der Waals surface area (Å²) >= 11 is 0. The van der Waals surface area contributed by atoms with Crippen molar-refractivity contribution in [1.82, 2.24) is 0 Å². The molecular formula is C15H23NO2. The predicted molar refractivity (Wildman–Crippen MR) is 67.8 cm³/mol. The average molecular weight is 249 g/mol. The van der Waals surface area contributed by atoms with Gasteiger partial charge < -0.3 is 9.84 Å². The summed E-state index contributed by atoms with van der Waals surface area (Å²) in [6.45, 7) is 1.51. The van der Waals surface area contributed by atoms with Gasteiger partial charge in [-0.05, 0) is 44.9 Å². The molecular weight excluding hydrogens is 226 g/mol. The van der Waals surface area contributed by atoms with Gasteiger partial charge in [-0.25, -0.2) is 0 Å². The van der Waals surface area contributed by atoms with Crippen molar-refractivity contribution < 1.29 is 9.84 Å². The third-order valence-electron chi connectivity index (χ3n) is 5.98. The van der Waals surface area contributed by atoms with E-state index in [0.717, 1.165) is 71.0 Å². The van der Waals surface area contributed by atoms with Crippen LogP contribution in [0.2, 0.25) is 0 Å². The molecule has 0 aromatic heterocycles. The van der Waals surface area contributed by atoms with Crippen LogP contribution in [0.15, 0.2) is 0 Å². The maximum Gasteiger partial charge on any atom is 0.0890 e. The number of ether oxygens (including phenoxy) is 1. The molecule has 2 aliphatic carbocycles. The Bertz CT molecular complexity index is 361. The molecule has 3 aliphatic rings. The molecule has 3 fully saturated rings. The first kappa shape index (κ1) is 12.4. The van der Waals surface area contributed by atoms with Crippen molar-refractivity contribution in [3.8, 4) is 6.07 Å². The summed E-state index contributed by atoms with van der Waals surface area (Å²) in [5, 5.41) is 21.2. The molecule has 1 aliphatic heterocycles. The second-order valence-corrected chi connectivity index (χ2v) is 6.51. The highest BCUT2D eigenvalue weighted by Crippen LogP contribution is 2.63. The molecule has 1 N–H and O–H groups in total. The summed E-state index contributed by atoms with van der Waals surface area (Å²) in [7, 11) is 0. The van der Waals surface area contributed by atoms with Crippen LogP contribution in [-0.2, 0) is 4.74 Å². The van der Waals surface area contributed by atoms with Gasteiger partial charge >= 0.3 is 0 Å². The van der Waals surface area contributed by atoms with Crippen LogP contribution in [0.4, 0.5) is 0 Å². The van der Waals surface area contributed by atoms with Crippen molar-refractivity contribution in [3.63, 3.8) is 0 Å². The Hall–Kier alpha value is -0.590. The Morgan fingerprint density at radius 3 is 2.17 bits per heavy atom. The van der Waals surface area contributed by atoms with Crippen LogP contribution in [0, 0.1) is 22.2 Å². The molecule has 0 aromatic carbocycles. The van der Waals surface area contributed by atoms with Gasteiger partial charge in [0.05, 0.1) is 17.1 Å². The summed E-state index contributed by atoms with van der Waals surface area (Å²) < 4.78 is 5.48. The minimum atomic E-state index is -0.755. The Kier molecular flexibility index (Phi) is 2.91. The standard InChI is InChI=1S/C15H23NO2/c16-12-14(4-1-2-5-14)15(17)7-3-6-13(15)8-10-18-11-9-13/h17H,1-11H2. The number of rotatable bonds is 1. The first-order valence-corrected chi connectivity index (χ1v) is 7.40. The van der Waals surface area contributed by atoms with Gasteiger partial charge in [0, 0.05) is 18.6 Å². The van der Waals surface area contributed by atoms with Crippen LogP contribution in [-0.4, -0.2) is 23.9 Å². The van der Waals surface area contributed by atoms with E-state index in [2.05, 4.69) is 6.07 Å². The van der Waals surface area contributed by atoms with E-state index in [4.69, 9.17) is 4.74 Å². The maximum atomic E-state index is 11.4. The number of nitrogens with zero attached hydrogens (tertiary/aromatic N) is 1. The highest BCUT2D eigenvalue weighted by atomic mass is 16.5. The summed E-state index contributed by atoms with van der Waals surface area (Å²) in [4.78, 5) is 0. The topological polar surface area (TPSA) is 53.2 Å². The van der Waals surface area contributed by atoms with E-state index in [1.165, 1.54) is 0 Å². The first-order valence-electron chi connectivity index (χ1n) is 7.40. The summed E-state index contributed by atoms with van der Waals surface area (Å²) in [6.07, 6.45) is 8.83. The average Bonchev–Trinajstić information content (AvgIpc) is 2.99. The Morgan fingerprint density at radius 2 is 1.56 bits per heavy atom. The molecule has 100 valence electrons. The SMILES string of the molecule is N#CC1(C2(O)CCCC23CCOCC3)CCCC1. The van der Waals surface area contributed by atoms with Gasteiger partial charge in [0.2, 0.25) is 0 Å². The first-order chi connectivity index (χ1) is 8.68. The van der Waals surface area contributed by atoms with E-state index in [1.54, 1.807) is 0 Å². The molecule has 1 unspecified atom stereocenters. The molecule has 2 saturated carbocycles. The summed E-state index contributed by atoms with van der Waals surface area (Å²) in [5.41, 5.74) is -1.26. The zero-order valence-corrected chi connectivity index (χ0v) is 11.1. The maximum absolute atomic E-state index is 11.4. The predicted octanol–water partition coefficient (Wildman–Crippen LogP) is 2.78. The molecule has 0 aromatic rings. The van der Waals surface area contributed by atoms with Gasteiger partial charge in [0.15, 0.2) is 0 Å². The molecule has 3 heteroatoms. The van der Waals surface area contributed by atoms with Crippen LogP contribution < -0.4 is 0 Å². The van der Waals surface area contributed by atoms with Crippen LogP contribution in [0.3, 0.4) is 0 Å². The number of nitriles is 1. The molecule has 1 heterocycles. The van der Waals surface area contributed by atoms with E-state index in [-0.39, 0.29) is 5.41 Å². The monoisotopic (exact) mass is 249 g/mol. The Morgan fingerprint density at radius 1 is 0.889 bits per heavy atom. The van der Waals surface area contributed by atoms with Gasteiger partial charge in [-0.3, -0.25) is 0 Å². The number of aliphatic hydroxyl groups is 1. The van der Waals surface area contributed by atoms with Crippen molar-refractivity contribution in [3.05, 3.63) is 0 Å². The smallest absolute Gasteiger partial charge is 0.0890 e. The van der Waals surface area contributed by atoms with E-state index < -0.39 is 11.0 Å². The van der Waals surface area contributed by atoms with Crippen molar-refractivity contribution in [2.75, 3.05) is 13.2 Å². The lowest BCUT2D eigenvalue weighted by Crippen LogP contribution is -2.57. The zero-order chi connectivity index (χ0) is 12.7. The molecule has 0 amide bonds. The fraction of sp³-hybridized carbons (Fsp3) is 0.933. The zero-order valence-electron chi connectivity index (χ0n) is 11.1. The Balaban J connectivity index is 1.99. The van der Waals surface area contributed by atoms with E-state index in [9.17, 15) is 10.4 Å². The molecule has 18 heavy (non-hydrogen) atoms. The van der Waals surface area contributed by atoms with Crippen molar-refractivity contribution in [1.29, 1.82) is 5.26 Å². The second kappa shape index (κ2) is 4.21.